The first-order chi connectivity index (χ1) is 8.02. The van der Waals surface area contributed by atoms with Gasteiger partial charge in [-0.05, 0) is 36.7 Å². The number of nitrogens with zero attached hydrogens (tertiary/aromatic N) is 1. The van der Waals surface area contributed by atoms with Crippen LogP contribution in [0.2, 0.25) is 10.0 Å². The number of halogens is 2. The highest BCUT2D eigenvalue weighted by molar-refractivity contribution is 7.80. The molecule has 0 saturated carbocycles. The highest BCUT2D eigenvalue weighted by Crippen LogP contribution is 2.22. The number of benzene rings is 1. The molecule has 5 heteroatoms. The minimum absolute atomic E-state index is 0.497. The Balaban J connectivity index is 2.77. The summed E-state index contributed by atoms with van der Waals surface area (Å²) in [6, 6.07) is 5.47. The summed E-state index contributed by atoms with van der Waals surface area (Å²) in [6.45, 7) is 4.36. The van der Waals surface area contributed by atoms with Crippen LogP contribution >= 0.6 is 35.4 Å². The van der Waals surface area contributed by atoms with E-state index in [1.54, 1.807) is 6.07 Å². The fourth-order valence-electron chi connectivity index (χ4n) is 1.66. The maximum Gasteiger partial charge on any atom is 0.0870 e. The van der Waals surface area contributed by atoms with Crippen molar-refractivity contribution in [3.63, 3.8) is 0 Å². The Bertz CT molecular complexity index is 396. The quantitative estimate of drug-likeness (QED) is 0.813. The topological polar surface area (TPSA) is 29.3 Å². The molecule has 2 nitrogen and oxygen atoms in total. The Kier molecular flexibility index (Phi) is 6.20. The van der Waals surface area contributed by atoms with Crippen LogP contribution in [0.1, 0.15) is 18.9 Å². The van der Waals surface area contributed by atoms with Gasteiger partial charge in [0, 0.05) is 23.1 Å². The van der Waals surface area contributed by atoms with Crippen LogP contribution in [0.15, 0.2) is 18.2 Å². The van der Waals surface area contributed by atoms with Crippen molar-refractivity contribution in [1.29, 1.82) is 0 Å². The van der Waals surface area contributed by atoms with E-state index in [-0.39, 0.29) is 0 Å². The largest absolute Gasteiger partial charge is 0.392 e. The number of hydrogen-bond acceptors (Lipinski definition) is 2. The van der Waals surface area contributed by atoms with Crippen molar-refractivity contribution in [2.24, 2.45) is 5.73 Å². The number of thiocarbonyl (C=S) groups is 1. The maximum atomic E-state index is 6.13. The monoisotopic (exact) mass is 290 g/mol. The predicted octanol–water partition coefficient (Wildman–Crippen LogP) is 3.49. The van der Waals surface area contributed by atoms with Crippen molar-refractivity contribution in [1.82, 2.24) is 4.90 Å². The van der Waals surface area contributed by atoms with Gasteiger partial charge in [0.25, 0.3) is 0 Å². The first-order valence-electron chi connectivity index (χ1n) is 5.47. The Hall–Kier alpha value is -0.350. The lowest BCUT2D eigenvalue weighted by Crippen LogP contribution is -2.33. The first kappa shape index (κ1) is 14.7. The summed E-state index contributed by atoms with van der Waals surface area (Å²) in [5, 5.41) is 1.41. The molecule has 0 radical (unpaired) electrons. The van der Waals surface area contributed by atoms with E-state index in [0.29, 0.717) is 23.1 Å². The van der Waals surface area contributed by atoms with Gasteiger partial charge in [0.15, 0.2) is 0 Å². The minimum atomic E-state index is 0.497. The van der Waals surface area contributed by atoms with E-state index in [0.717, 1.165) is 23.6 Å². The summed E-state index contributed by atoms with van der Waals surface area (Å²) in [6.07, 6.45) is 1.04. The summed E-state index contributed by atoms with van der Waals surface area (Å²) in [4.78, 5) is 2.66. The molecule has 0 heterocycles. The van der Waals surface area contributed by atoms with E-state index in [9.17, 15) is 0 Å². The van der Waals surface area contributed by atoms with Gasteiger partial charge in [-0.2, -0.15) is 0 Å². The normalized spacial score (nSPS) is 10.8. The summed E-state index contributed by atoms with van der Waals surface area (Å²) in [5.41, 5.74) is 6.58. The lowest BCUT2D eigenvalue weighted by molar-refractivity contribution is 0.304. The molecular weight excluding hydrogens is 275 g/mol. The smallest absolute Gasteiger partial charge is 0.0870 e. The fraction of sp³-hybridized carbons (Fsp3) is 0.417. The van der Waals surface area contributed by atoms with Crippen LogP contribution in [0.3, 0.4) is 0 Å². The second kappa shape index (κ2) is 7.17. The lowest BCUT2D eigenvalue weighted by Gasteiger charge is -2.21. The van der Waals surface area contributed by atoms with Crippen LogP contribution < -0.4 is 5.73 Å². The van der Waals surface area contributed by atoms with Gasteiger partial charge in [-0.1, -0.05) is 42.3 Å². The zero-order valence-electron chi connectivity index (χ0n) is 9.75. The van der Waals surface area contributed by atoms with Crippen molar-refractivity contribution in [3.8, 4) is 0 Å². The van der Waals surface area contributed by atoms with Crippen LogP contribution in [0.4, 0.5) is 0 Å². The van der Waals surface area contributed by atoms with Crippen molar-refractivity contribution in [3.05, 3.63) is 33.8 Å². The molecule has 1 rings (SSSR count). The molecular formula is C12H16Cl2N2S. The van der Waals surface area contributed by atoms with Gasteiger partial charge in [-0.15, -0.1) is 0 Å². The number of hydrogen-bond donors (Lipinski definition) is 1. The average molecular weight is 291 g/mol. The molecule has 0 spiro atoms. The summed E-state index contributed by atoms with van der Waals surface area (Å²) < 4.78 is 0. The fourth-order valence-corrected chi connectivity index (χ4v) is 2.21. The molecule has 0 aliphatic rings. The third kappa shape index (κ3) is 5.21. The van der Waals surface area contributed by atoms with E-state index in [2.05, 4.69) is 11.8 Å². The minimum Gasteiger partial charge on any atom is -0.392 e. The molecule has 1 aromatic rings. The Labute approximate surface area is 118 Å². The van der Waals surface area contributed by atoms with Gasteiger partial charge in [0.2, 0.25) is 0 Å². The van der Waals surface area contributed by atoms with Crippen LogP contribution in [-0.4, -0.2) is 23.0 Å². The third-order valence-electron chi connectivity index (χ3n) is 2.32. The van der Waals surface area contributed by atoms with E-state index in [1.807, 2.05) is 12.1 Å². The molecule has 0 saturated heterocycles. The van der Waals surface area contributed by atoms with Crippen molar-refractivity contribution < 1.29 is 0 Å². The SMILES string of the molecule is CCCN(CC(N)=S)Cc1cc(Cl)ccc1Cl. The van der Waals surface area contributed by atoms with Crippen LogP contribution in [-0.2, 0) is 6.54 Å². The van der Waals surface area contributed by atoms with Crippen molar-refractivity contribution >= 4 is 40.4 Å². The second-order valence-electron chi connectivity index (χ2n) is 3.91. The van der Waals surface area contributed by atoms with E-state index >= 15 is 0 Å². The molecule has 0 aromatic heterocycles. The number of nitrogens with two attached hydrogens (primary N) is 1. The van der Waals surface area contributed by atoms with Crippen LogP contribution in [0.5, 0.6) is 0 Å². The lowest BCUT2D eigenvalue weighted by atomic mass is 10.2. The van der Waals surface area contributed by atoms with Gasteiger partial charge in [0.1, 0.15) is 0 Å². The molecule has 94 valence electrons. The van der Waals surface area contributed by atoms with Crippen LogP contribution in [0, 0.1) is 0 Å². The van der Waals surface area contributed by atoms with Crippen molar-refractivity contribution in [2.75, 3.05) is 13.1 Å². The van der Waals surface area contributed by atoms with E-state index in [1.165, 1.54) is 0 Å². The van der Waals surface area contributed by atoms with E-state index in [4.69, 9.17) is 41.2 Å². The molecule has 0 unspecified atom stereocenters. The molecule has 0 aliphatic heterocycles. The maximum absolute atomic E-state index is 6.13. The highest BCUT2D eigenvalue weighted by Gasteiger charge is 2.09. The van der Waals surface area contributed by atoms with Gasteiger partial charge in [0.05, 0.1) is 4.99 Å². The summed E-state index contributed by atoms with van der Waals surface area (Å²) in [5.74, 6) is 0. The zero-order valence-corrected chi connectivity index (χ0v) is 12.1. The summed E-state index contributed by atoms with van der Waals surface area (Å²) in [7, 11) is 0. The Morgan fingerprint density at radius 1 is 1.41 bits per heavy atom. The van der Waals surface area contributed by atoms with Crippen LogP contribution in [0.25, 0.3) is 0 Å². The van der Waals surface area contributed by atoms with Crippen molar-refractivity contribution in [2.45, 2.75) is 19.9 Å². The molecule has 17 heavy (non-hydrogen) atoms. The average Bonchev–Trinajstić information content (AvgIpc) is 2.23. The summed E-state index contributed by atoms with van der Waals surface area (Å²) >= 11 is 17.0. The molecule has 1 aromatic carbocycles. The Morgan fingerprint density at radius 3 is 2.71 bits per heavy atom. The molecule has 0 amide bonds. The number of rotatable bonds is 6. The molecule has 0 fully saturated rings. The molecule has 0 aliphatic carbocycles. The first-order valence-corrected chi connectivity index (χ1v) is 6.64. The third-order valence-corrected chi connectivity index (χ3v) is 3.05. The zero-order chi connectivity index (χ0) is 12.8. The molecule has 0 atom stereocenters. The van der Waals surface area contributed by atoms with Gasteiger partial charge in [-0.25, -0.2) is 0 Å². The second-order valence-corrected chi connectivity index (χ2v) is 5.28. The molecule has 0 bridgehead atoms. The van der Waals surface area contributed by atoms with Gasteiger partial charge < -0.3 is 5.73 Å². The highest BCUT2D eigenvalue weighted by atomic mass is 35.5. The predicted molar refractivity (Wildman–Crippen MR) is 78.8 cm³/mol. The van der Waals surface area contributed by atoms with Gasteiger partial charge in [-0.3, -0.25) is 4.90 Å². The standard InChI is InChI=1S/C12H16Cl2N2S/c1-2-5-16(8-12(15)17)7-9-6-10(13)3-4-11(9)14/h3-4,6H,2,5,7-8H2,1H3,(H2,15,17). The Morgan fingerprint density at radius 2 is 2.12 bits per heavy atom. The molecule has 2 N–H and O–H groups in total. The van der Waals surface area contributed by atoms with E-state index < -0.39 is 0 Å². The van der Waals surface area contributed by atoms with Gasteiger partial charge >= 0.3 is 0 Å².